The van der Waals surface area contributed by atoms with Crippen LogP contribution in [-0.2, 0) is 0 Å². The van der Waals surface area contributed by atoms with Gasteiger partial charge in [0.15, 0.2) is 0 Å². The van der Waals surface area contributed by atoms with Gasteiger partial charge in [-0.15, -0.1) is 0 Å². The number of rotatable bonds is 4. The summed E-state index contributed by atoms with van der Waals surface area (Å²) in [5.41, 5.74) is 0. The van der Waals surface area contributed by atoms with Gasteiger partial charge in [0.05, 0.1) is 0 Å². The maximum Gasteiger partial charge on any atom is 0.430 e. The topological polar surface area (TPSA) is 49.7 Å². The molecule has 0 fully saturated rings. The lowest BCUT2D eigenvalue weighted by molar-refractivity contribution is 0.206. The maximum atomic E-state index is 9.83. The molecule has 1 N–H and O–H groups in total. The first-order chi connectivity index (χ1) is 4.77. The standard InChI is InChI=1S/C7H13NO2/c1-2-3-4-5-6-8-7(9)10/h6H,2-5H2,1H3,(H,9,10)/b8-6+. The third-order valence-electron chi connectivity index (χ3n) is 1.14. The monoisotopic (exact) mass is 143 g/mol. The number of amides is 1. The van der Waals surface area contributed by atoms with Gasteiger partial charge < -0.3 is 5.11 Å². The minimum Gasteiger partial charge on any atom is -0.463 e. The molecule has 58 valence electrons. The summed E-state index contributed by atoms with van der Waals surface area (Å²) in [6.07, 6.45) is 4.47. The lowest BCUT2D eigenvalue weighted by atomic mass is 10.2. The van der Waals surface area contributed by atoms with Crippen LogP contribution in [0.15, 0.2) is 4.99 Å². The van der Waals surface area contributed by atoms with Crippen LogP contribution in [0.2, 0.25) is 0 Å². The van der Waals surface area contributed by atoms with E-state index in [4.69, 9.17) is 5.11 Å². The van der Waals surface area contributed by atoms with Crippen LogP contribution in [0.5, 0.6) is 0 Å². The number of unbranched alkanes of at least 4 members (excludes halogenated alkanes) is 3. The van der Waals surface area contributed by atoms with Gasteiger partial charge in [-0.05, 0) is 12.8 Å². The Morgan fingerprint density at radius 2 is 2.30 bits per heavy atom. The molecule has 0 radical (unpaired) electrons. The Hall–Kier alpha value is -0.860. The molecular formula is C7H13NO2. The highest BCUT2D eigenvalue weighted by Gasteiger charge is 1.85. The van der Waals surface area contributed by atoms with E-state index in [1.165, 1.54) is 6.21 Å². The highest BCUT2D eigenvalue weighted by Crippen LogP contribution is 1.95. The average molecular weight is 143 g/mol. The molecule has 0 aliphatic heterocycles. The molecule has 0 saturated heterocycles. The van der Waals surface area contributed by atoms with Crippen LogP contribution < -0.4 is 0 Å². The molecule has 0 aromatic heterocycles. The van der Waals surface area contributed by atoms with Crippen LogP contribution in [-0.4, -0.2) is 17.4 Å². The zero-order chi connectivity index (χ0) is 7.82. The van der Waals surface area contributed by atoms with Gasteiger partial charge in [0, 0.05) is 6.21 Å². The number of carboxylic acid groups (broad SMARTS) is 1. The van der Waals surface area contributed by atoms with Crippen molar-refractivity contribution in [2.75, 3.05) is 0 Å². The van der Waals surface area contributed by atoms with E-state index in [9.17, 15) is 4.79 Å². The van der Waals surface area contributed by atoms with E-state index in [1.807, 2.05) is 0 Å². The Labute approximate surface area is 60.8 Å². The van der Waals surface area contributed by atoms with Crippen molar-refractivity contribution in [1.82, 2.24) is 0 Å². The fourth-order valence-electron chi connectivity index (χ4n) is 0.628. The van der Waals surface area contributed by atoms with Gasteiger partial charge in [0.1, 0.15) is 0 Å². The van der Waals surface area contributed by atoms with Crippen molar-refractivity contribution in [1.29, 1.82) is 0 Å². The van der Waals surface area contributed by atoms with E-state index in [2.05, 4.69) is 11.9 Å². The molecule has 1 amide bonds. The van der Waals surface area contributed by atoms with Gasteiger partial charge in [-0.25, -0.2) is 4.79 Å². The molecule has 0 saturated carbocycles. The highest BCUT2D eigenvalue weighted by molar-refractivity contribution is 5.77. The number of nitrogens with zero attached hydrogens (tertiary/aromatic N) is 1. The van der Waals surface area contributed by atoms with Crippen molar-refractivity contribution in [2.45, 2.75) is 32.6 Å². The Kier molecular flexibility index (Phi) is 5.72. The summed E-state index contributed by atoms with van der Waals surface area (Å²) in [5.74, 6) is 0. The second kappa shape index (κ2) is 6.26. The Balaban J connectivity index is 3.10. The molecule has 0 atom stereocenters. The Morgan fingerprint density at radius 3 is 2.80 bits per heavy atom. The predicted molar refractivity (Wildman–Crippen MR) is 40.7 cm³/mol. The summed E-state index contributed by atoms with van der Waals surface area (Å²) in [5, 5.41) is 8.07. The molecule has 3 heteroatoms. The van der Waals surface area contributed by atoms with Gasteiger partial charge in [-0.1, -0.05) is 19.8 Å². The van der Waals surface area contributed by atoms with Crippen LogP contribution in [0, 0.1) is 0 Å². The van der Waals surface area contributed by atoms with Crippen LogP contribution in [0.25, 0.3) is 0 Å². The van der Waals surface area contributed by atoms with Gasteiger partial charge in [-0.2, -0.15) is 4.99 Å². The molecule has 0 bridgehead atoms. The van der Waals surface area contributed by atoms with E-state index >= 15 is 0 Å². The van der Waals surface area contributed by atoms with Crippen LogP contribution >= 0.6 is 0 Å². The zero-order valence-electron chi connectivity index (χ0n) is 6.21. The molecule has 0 rings (SSSR count). The fraction of sp³-hybridized carbons (Fsp3) is 0.714. The largest absolute Gasteiger partial charge is 0.463 e. The molecule has 0 spiro atoms. The molecule has 0 aliphatic rings. The van der Waals surface area contributed by atoms with E-state index in [0.717, 1.165) is 25.7 Å². The lowest BCUT2D eigenvalue weighted by Crippen LogP contribution is -1.86. The summed E-state index contributed by atoms with van der Waals surface area (Å²) in [6.45, 7) is 2.11. The number of aliphatic imine (C=N–C) groups is 1. The second-order valence-corrected chi connectivity index (χ2v) is 2.09. The average Bonchev–Trinajstić information content (AvgIpc) is 1.87. The molecule has 0 aliphatic carbocycles. The van der Waals surface area contributed by atoms with Crippen molar-refractivity contribution in [3.8, 4) is 0 Å². The maximum absolute atomic E-state index is 9.83. The molecule has 0 aromatic carbocycles. The highest BCUT2D eigenvalue weighted by atomic mass is 16.4. The second-order valence-electron chi connectivity index (χ2n) is 2.09. The number of carbonyl (C=O) groups is 1. The van der Waals surface area contributed by atoms with Crippen molar-refractivity contribution in [2.24, 2.45) is 4.99 Å². The van der Waals surface area contributed by atoms with E-state index < -0.39 is 6.09 Å². The van der Waals surface area contributed by atoms with Crippen LogP contribution in [0.1, 0.15) is 32.6 Å². The SMILES string of the molecule is CCCCC/C=N/C(=O)O. The van der Waals surface area contributed by atoms with E-state index in [1.54, 1.807) is 0 Å². The zero-order valence-corrected chi connectivity index (χ0v) is 6.21. The first-order valence-corrected chi connectivity index (χ1v) is 3.52. The third-order valence-corrected chi connectivity index (χ3v) is 1.14. The molecule has 0 unspecified atom stereocenters. The smallest absolute Gasteiger partial charge is 0.430 e. The molecule has 10 heavy (non-hydrogen) atoms. The summed E-state index contributed by atoms with van der Waals surface area (Å²) in [4.78, 5) is 13.0. The molecule has 0 aromatic rings. The Bertz CT molecular complexity index is 121. The van der Waals surface area contributed by atoms with Crippen molar-refractivity contribution in [3.63, 3.8) is 0 Å². The quantitative estimate of drug-likeness (QED) is 0.485. The van der Waals surface area contributed by atoms with E-state index in [-0.39, 0.29) is 0 Å². The van der Waals surface area contributed by atoms with Crippen LogP contribution in [0.4, 0.5) is 4.79 Å². The van der Waals surface area contributed by atoms with Crippen molar-refractivity contribution >= 4 is 12.3 Å². The number of hydrogen-bond acceptors (Lipinski definition) is 1. The minimum absolute atomic E-state index is 0.778. The third kappa shape index (κ3) is 7.14. The normalized spacial score (nSPS) is 10.5. The molecule has 3 nitrogen and oxygen atoms in total. The molecule has 0 heterocycles. The fourth-order valence-corrected chi connectivity index (χ4v) is 0.628. The number of hydrogen-bond donors (Lipinski definition) is 1. The van der Waals surface area contributed by atoms with Crippen molar-refractivity contribution in [3.05, 3.63) is 0 Å². The van der Waals surface area contributed by atoms with Gasteiger partial charge in [0.2, 0.25) is 0 Å². The summed E-state index contributed by atoms with van der Waals surface area (Å²) >= 11 is 0. The first kappa shape index (κ1) is 9.14. The van der Waals surface area contributed by atoms with Gasteiger partial charge in [0.25, 0.3) is 0 Å². The summed E-state index contributed by atoms with van der Waals surface area (Å²) < 4.78 is 0. The molecular weight excluding hydrogens is 130 g/mol. The minimum atomic E-state index is -1.10. The van der Waals surface area contributed by atoms with Crippen molar-refractivity contribution < 1.29 is 9.90 Å². The predicted octanol–water partition coefficient (Wildman–Crippen LogP) is 2.32. The van der Waals surface area contributed by atoms with Crippen LogP contribution in [0.3, 0.4) is 0 Å². The first-order valence-electron chi connectivity index (χ1n) is 3.52. The van der Waals surface area contributed by atoms with Gasteiger partial charge >= 0.3 is 6.09 Å². The summed E-state index contributed by atoms with van der Waals surface area (Å²) in [6, 6.07) is 0. The Morgan fingerprint density at radius 1 is 1.60 bits per heavy atom. The lowest BCUT2D eigenvalue weighted by Gasteiger charge is -1.88. The van der Waals surface area contributed by atoms with Gasteiger partial charge in [-0.3, -0.25) is 0 Å². The van der Waals surface area contributed by atoms with E-state index in [0.29, 0.717) is 0 Å². The summed E-state index contributed by atoms with van der Waals surface area (Å²) in [7, 11) is 0.